The zero-order valence-corrected chi connectivity index (χ0v) is 17.9. The van der Waals surface area contributed by atoms with Crippen molar-refractivity contribution in [3.63, 3.8) is 0 Å². The summed E-state index contributed by atoms with van der Waals surface area (Å²) in [6.45, 7) is 9.51. The Hall–Kier alpha value is -2.64. The highest BCUT2D eigenvalue weighted by Gasteiger charge is 2.25. The summed E-state index contributed by atoms with van der Waals surface area (Å²) in [5, 5.41) is 7.18. The molecule has 3 rings (SSSR count). The number of hydrogen-bond acceptors (Lipinski definition) is 6. The Morgan fingerprint density at radius 1 is 1.17 bits per heavy atom. The number of nitrogens with zero attached hydrogens (tertiary/aromatic N) is 3. The topological polar surface area (TPSA) is 98.1 Å². The van der Waals surface area contributed by atoms with Crippen molar-refractivity contribution in [3.8, 4) is 0 Å². The summed E-state index contributed by atoms with van der Waals surface area (Å²) >= 11 is 0. The van der Waals surface area contributed by atoms with E-state index in [-0.39, 0.29) is 29.8 Å². The van der Waals surface area contributed by atoms with Crippen molar-refractivity contribution in [3.05, 3.63) is 28.7 Å². The van der Waals surface area contributed by atoms with Crippen LogP contribution < -0.4 is 16.2 Å². The molecule has 158 valence electrons. The van der Waals surface area contributed by atoms with E-state index in [2.05, 4.69) is 20.6 Å². The van der Waals surface area contributed by atoms with E-state index in [0.29, 0.717) is 11.6 Å². The van der Waals surface area contributed by atoms with Crippen molar-refractivity contribution in [1.29, 1.82) is 0 Å². The van der Waals surface area contributed by atoms with Crippen LogP contribution in [0.3, 0.4) is 0 Å². The molecule has 0 saturated heterocycles. The van der Waals surface area contributed by atoms with E-state index >= 15 is 0 Å². The fourth-order valence-corrected chi connectivity index (χ4v) is 3.65. The van der Waals surface area contributed by atoms with E-state index in [1.165, 1.54) is 0 Å². The molecule has 2 aromatic heterocycles. The molecule has 8 nitrogen and oxygen atoms in total. The SMILES string of the molecule is CC(C)n1c(=O)ccc2cnc(NC3CCC(NC(=O)OC(C)(C)C)CC3)nc21. The molecule has 0 atom stereocenters. The fraction of sp³-hybridized carbons (Fsp3) is 0.619. The minimum absolute atomic E-state index is 0.0170. The maximum absolute atomic E-state index is 12.2. The van der Waals surface area contributed by atoms with E-state index in [1.54, 1.807) is 22.9 Å². The fourth-order valence-electron chi connectivity index (χ4n) is 3.65. The van der Waals surface area contributed by atoms with Crippen molar-refractivity contribution in [1.82, 2.24) is 19.9 Å². The normalized spacial score (nSPS) is 19.9. The first-order chi connectivity index (χ1) is 13.6. The Balaban J connectivity index is 1.62. The van der Waals surface area contributed by atoms with Crippen molar-refractivity contribution >= 4 is 23.1 Å². The molecule has 0 bridgehead atoms. The summed E-state index contributed by atoms with van der Waals surface area (Å²) < 4.78 is 7.01. The number of alkyl carbamates (subject to hydrolysis) is 1. The first-order valence-electron chi connectivity index (χ1n) is 10.3. The summed E-state index contributed by atoms with van der Waals surface area (Å²) in [5.74, 6) is 0.529. The van der Waals surface area contributed by atoms with Gasteiger partial charge in [0.15, 0.2) is 0 Å². The lowest BCUT2D eigenvalue weighted by Gasteiger charge is -2.30. The maximum Gasteiger partial charge on any atom is 0.407 e. The number of hydrogen-bond donors (Lipinski definition) is 2. The molecule has 29 heavy (non-hydrogen) atoms. The van der Waals surface area contributed by atoms with Gasteiger partial charge in [-0.3, -0.25) is 9.36 Å². The van der Waals surface area contributed by atoms with E-state index < -0.39 is 5.60 Å². The van der Waals surface area contributed by atoms with Gasteiger partial charge in [-0.25, -0.2) is 9.78 Å². The predicted molar refractivity (Wildman–Crippen MR) is 113 cm³/mol. The van der Waals surface area contributed by atoms with E-state index in [4.69, 9.17) is 4.74 Å². The van der Waals surface area contributed by atoms with Crippen LogP contribution in [0.5, 0.6) is 0 Å². The van der Waals surface area contributed by atoms with E-state index in [9.17, 15) is 9.59 Å². The standard InChI is InChI=1S/C21H31N5O3/c1-13(2)26-17(27)11-6-14-12-22-19(25-18(14)26)23-15-7-9-16(10-8-15)24-20(28)29-21(3,4)5/h6,11-13,15-16H,7-10H2,1-5H3,(H,24,28)(H,22,23,25). The second kappa shape index (κ2) is 8.39. The van der Waals surface area contributed by atoms with Gasteiger partial charge in [-0.05, 0) is 66.4 Å². The third-order valence-electron chi connectivity index (χ3n) is 4.96. The maximum atomic E-state index is 12.2. The van der Waals surface area contributed by atoms with Crippen LogP contribution in [-0.2, 0) is 4.74 Å². The van der Waals surface area contributed by atoms with Crippen LogP contribution >= 0.6 is 0 Å². The minimum Gasteiger partial charge on any atom is -0.444 e. The Labute approximate surface area is 171 Å². The van der Waals surface area contributed by atoms with E-state index in [1.807, 2.05) is 34.6 Å². The number of carbonyl (C=O) groups is 1. The summed E-state index contributed by atoms with van der Waals surface area (Å²) in [6.07, 6.45) is 4.90. The average Bonchev–Trinajstić information content (AvgIpc) is 2.61. The number of anilines is 1. The van der Waals surface area contributed by atoms with Crippen LogP contribution in [0.1, 0.15) is 66.3 Å². The third-order valence-corrected chi connectivity index (χ3v) is 4.96. The molecule has 0 radical (unpaired) electrons. The van der Waals surface area contributed by atoms with Crippen LogP contribution in [-0.4, -0.2) is 38.3 Å². The molecule has 1 aliphatic rings. The summed E-state index contributed by atoms with van der Waals surface area (Å²) in [5.41, 5.74) is 0.0868. The van der Waals surface area contributed by atoms with Gasteiger partial charge in [-0.1, -0.05) is 0 Å². The van der Waals surface area contributed by atoms with Crippen LogP contribution in [0.2, 0.25) is 0 Å². The number of rotatable bonds is 4. The minimum atomic E-state index is -0.493. The highest BCUT2D eigenvalue weighted by molar-refractivity contribution is 5.75. The highest BCUT2D eigenvalue weighted by atomic mass is 16.6. The molecule has 2 heterocycles. The number of amides is 1. The lowest BCUT2D eigenvalue weighted by molar-refractivity contribution is 0.0492. The number of carbonyl (C=O) groups excluding carboxylic acids is 1. The molecule has 2 aromatic rings. The first-order valence-corrected chi connectivity index (χ1v) is 10.3. The largest absolute Gasteiger partial charge is 0.444 e. The summed E-state index contributed by atoms with van der Waals surface area (Å²) in [6, 6.07) is 3.67. The summed E-state index contributed by atoms with van der Waals surface area (Å²) in [7, 11) is 0. The highest BCUT2D eigenvalue weighted by Crippen LogP contribution is 2.22. The molecule has 0 aromatic carbocycles. The predicted octanol–water partition coefficient (Wildman–Crippen LogP) is 3.62. The zero-order chi connectivity index (χ0) is 21.2. The smallest absolute Gasteiger partial charge is 0.407 e. The first kappa shape index (κ1) is 21.1. The van der Waals surface area contributed by atoms with Gasteiger partial charge in [0.05, 0.1) is 0 Å². The summed E-state index contributed by atoms with van der Waals surface area (Å²) in [4.78, 5) is 33.2. The van der Waals surface area contributed by atoms with E-state index in [0.717, 1.165) is 31.1 Å². The molecule has 8 heteroatoms. The molecule has 0 spiro atoms. The van der Waals surface area contributed by atoms with Crippen molar-refractivity contribution in [2.24, 2.45) is 0 Å². The molecule has 1 aliphatic carbocycles. The number of fused-ring (bicyclic) bond motifs is 1. The zero-order valence-electron chi connectivity index (χ0n) is 17.9. The van der Waals surface area contributed by atoms with Gasteiger partial charge >= 0.3 is 6.09 Å². The number of ether oxygens (including phenoxy) is 1. The van der Waals surface area contributed by atoms with Crippen molar-refractivity contribution in [2.75, 3.05) is 5.32 Å². The van der Waals surface area contributed by atoms with Crippen LogP contribution in [0.15, 0.2) is 23.1 Å². The average molecular weight is 402 g/mol. The van der Waals surface area contributed by atoms with Gasteiger partial charge in [0, 0.05) is 35.8 Å². The Morgan fingerprint density at radius 2 is 1.83 bits per heavy atom. The van der Waals surface area contributed by atoms with Gasteiger partial charge in [0.1, 0.15) is 11.2 Å². The molecule has 0 aliphatic heterocycles. The molecule has 1 fully saturated rings. The number of aromatic nitrogens is 3. The molecular formula is C21H31N5O3. The van der Waals surface area contributed by atoms with Crippen molar-refractivity contribution < 1.29 is 9.53 Å². The van der Waals surface area contributed by atoms with Crippen LogP contribution in [0, 0.1) is 0 Å². The van der Waals surface area contributed by atoms with Gasteiger partial charge in [-0.15, -0.1) is 0 Å². The molecule has 1 saturated carbocycles. The molecule has 2 N–H and O–H groups in total. The second-order valence-corrected chi connectivity index (χ2v) is 8.95. The van der Waals surface area contributed by atoms with Gasteiger partial charge in [0.25, 0.3) is 5.56 Å². The Kier molecular flexibility index (Phi) is 6.10. The lowest BCUT2D eigenvalue weighted by Crippen LogP contribution is -2.42. The second-order valence-electron chi connectivity index (χ2n) is 8.95. The van der Waals surface area contributed by atoms with Crippen LogP contribution in [0.25, 0.3) is 11.0 Å². The Morgan fingerprint density at radius 3 is 2.45 bits per heavy atom. The van der Waals surface area contributed by atoms with Crippen molar-refractivity contribution in [2.45, 2.75) is 84.0 Å². The van der Waals surface area contributed by atoms with Gasteiger partial charge in [0.2, 0.25) is 5.95 Å². The number of nitrogens with one attached hydrogen (secondary N) is 2. The van der Waals surface area contributed by atoms with Gasteiger partial charge in [-0.2, -0.15) is 4.98 Å². The van der Waals surface area contributed by atoms with Crippen LogP contribution in [0.4, 0.5) is 10.7 Å². The van der Waals surface area contributed by atoms with Gasteiger partial charge < -0.3 is 15.4 Å². The molecule has 1 amide bonds. The number of pyridine rings is 1. The molecule has 0 unspecified atom stereocenters. The monoisotopic (exact) mass is 401 g/mol. The lowest BCUT2D eigenvalue weighted by atomic mass is 9.91. The quantitative estimate of drug-likeness (QED) is 0.812. The third kappa shape index (κ3) is 5.46. The molecular weight excluding hydrogens is 370 g/mol. The Bertz CT molecular complexity index is 924.